The van der Waals surface area contributed by atoms with Crippen LogP contribution in [0.2, 0.25) is 10.0 Å². The quantitative estimate of drug-likeness (QED) is 0.846. The zero-order valence-electron chi connectivity index (χ0n) is 10.3. The molecule has 0 bridgehead atoms. The molecule has 0 atom stereocenters. The second-order valence-corrected chi connectivity index (χ2v) is 4.96. The maximum absolute atomic E-state index is 11.7. The molecule has 7 heteroatoms. The van der Waals surface area contributed by atoms with E-state index in [2.05, 4.69) is 5.32 Å². The smallest absolute Gasteiger partial charge is 0.304 e. The van der Waals surface area contributed by atoms with E-state index in [1.807, 2.05) is 0 Å². The fraction of sp³-hybridized carbons (Fsp3) is 0.333. The van der Waals surface area contributed by atoms with E-state index in [0.717, 1.165) is 0 Å². The van der Waals surface area contributed by atoms with Crippen molar-refractivity contribution in [1.82, 2.24) is 4.90 Å². The summed E-state index contributed by atoms with van der Waals surface area (Å²) in [6, 6.07) is 4.74. The third kappa shape index (κ3) is 6.42. The first-order valence-electron chi connectivity index (χ1n) is 5.53. The Balaban J connectivity index is 2.48. The Morgan fingerprint density at radius 2 is 1.84 bits per heavy atom. The average Bonchev–Trinajstić information content (AvgIpc) is 2.24. The largest absolute Gasteiger partial charge is 0.481 e. The van der Waals surface area contributed by atoms with E-state index in [0.29, 0.717) is 22.3 Å². The van der Waals surface area contributed by atoms with Crippen LogP contribution in [0.25, 0.3) is 0 Å². The van der Waals surface area contributed by atoms with E-state index in [1.54, 1.807) is 30.1 Å². The van der Waals surface area contributed by atoms with E-state index >= 15 is 0 Å². The molecule has 0 spiro atoms. The highest BCUT2D eigenvalue weighted by Gasteiger charge is 2.09. The van der Waals surface area contributed by atoms with Crippen molar-refractivity contribution < 1.29 is 14.7 Å². The Kier molecular flexibility index (Phi) is 6.08. The summed E-state index contributed by atoms with van der Waals surface area (Å²) in [7, 11) is 1.67. The average molecular weight is 305 g/mol. The van der Waals surface area contributed by atoms with E-state index < -0.39 is 5.97 Å². The molecule has 0 aliphatic heterocycles. The van der Waals surface area contributed by atoms with Crippen LogP contribution in [0.4, 0.5) is 5.69 Å². The molecule has 0 fully saturated rings. The van der Waals surface area contributed by atoms with Gasteiger partial charge in [0.1, 0.15) is 0 Å². The Morgan fingerprint density at radius 3 is 2.37 bits per heavy atom. The third-order valence-electron chi connectivity index (χ3n) is 2.27. The first-order chi connectivity index (χ1) is 8.86. The molecule has 1 rings (SSSR count). The highest BCUT2D eigenvalue weighted by Crippen LogP contribution is 2.22. The van der Waals surface area contributed by atoms with Gasteiger partial charge in [0.15, 0.2) is 0 Å². The minimum Gasteiger partial charge on any atom is -0.481 e. The zero-order valence-corrected chi connectivity index (χ0v) is 11.8. The van der Waals surface area contributed by atoms with Crippen LogP contribution in [0.5, 0.6) is 0 Å². The van der Waals surface area contributed by atoms with E-state index in [-0.39, 0.29) is 18.9 Å². The van der Waals surface area contributed by atoms with Crippen LogP contribution < -0.4 is 5.32 Å². The lowest BCUT2D eigenvalue weighted by Gasteiger charge is -2.15. The molecule has 0 radical (unpaired) electrons. The van der Waals surface area contributed by atoms with Gasteiger partial charge in [-0.05, 0) is 25.2 Å². The Hall–Kier alpha value is -1.30. The predicted molar refractivity (Wildman–Crippen MR) is 74.8 cm³/mol. The van der Waals surface area contributed by atoms with Gasteiger partial charge in [-0.1, -0.05) is 23.2 Å². The van der Waals surface area contributed by atoms with Crippen LogP contribution in [0.1, 0.15) is 6.42 Å². The summed E-state index contributed by atoms with van der Waals surface area (Å²) in [5.74, 6) is -1.15. The molecule has 5 nitrogen and oxygen atoms in total. The first kappa shape index (κ1) is 15.8. The molecule has 0 aliphatic rings. The standard InChI is InChI=1S/C12H14Cl2N2O3/c1-16(3-2-12(18)19)7-11(17)15-10-5-8(13)4-9(14)6-10/h4-6H,2-3,7H2,1H3,(H,15,17)(H,18,19). The third-order valence-corrected chi connectivity index (χ3v) is 2.70. The number of hydrogen-bond acceptors (Lipinski definition) is 3. The molecule has 1 aromatic carbocycles. The van der Waals surface area contributed by atoms with Crippen molar-refractivity contribution in [3.8, 4) is 0 Å². The number of halogens is 2. The van der Waals surface area contributed by atoms with Crippen LogP contribution in [-0.4, -0.2) is 42.0 Å². The molecule has 2 N–H and O–H groups in total. The van der Waals surface area contributed by atoms with Crippen LogP contribution in [0.15, 0.2) is 18.2 Å². The van der Waals surface area contributed by atoms with Gasteiger partial charge in [-0.15, -0.1) is 0 Å². The predicted octanol–water partition coefficient (Wildman–Crippen LogP) is 2.34. The van der Waals surface area contributed by atoms with Gasteiger partial charge in [0.05, 0.1) is 13.0 Å². The number of carboxylic acids is 1. The number of anilines is 1. The van der Waals surface area contributed by atoms with E-state index in [1.165, 1.54) is 0 Å². The molecule has 0 saturated carbocycles. The minimum absolute atomic E-state index is 0.00717. The van der Waals surface area contributed by atoms with Gasteiger partial charge in [-0.3, -0.25) is 14.5 Å². The number of amides is 1. The maximum atomic E-state index is 11.7. The molecule has 0 saturated heterocycles. The molecule has 0 heterocycles. The lowest BCUT2D eigenvalue weighted by Crippen LogP contribution is -2.31. The SMILES string of the molecule is CN(CCC(=O)O)CC(=O)Nc1cc(Cl)cc(Cl)c1. The second kappa shape index (κ2) is 7.33. The Bertz CT molecular complexity index is 460. The van der Waals surface area contributed by atoms with Crippen molar-refractivity contribution in [2.24, 2.45) is 0 Å². The fourth-order valence-electron chi connectivity index (χ4n) is 1.44. The van der Waals surface area contributed by atoms with Gasteiger partial charge in [0, 0.05) is 22.3 Å². The fourth-order valence-corrected chi connectivity index (χ4v) is 1.96. The number of nitrogens with zero attached hydrogens (tertiary/aromatic N) is 1. The second-order valence-electron chi connectivity index (χ2n) is 4.09. The number of carboxylic acid groups (broad SMARTS) is 1. The number of aliphatic carboxylic acids is 1. The summed E-state index contributed by atoms with van der Waals surface area (Å²) in [6.07, 6.45) is -0.00717. The molecule has 0 aliphatic carbocycles. The molecule has 1 aromatic rings. The van der Waals surface area contributed by atoms with Crippen molar-refractivity contribution in [3.05, 3.63) is 28.2 Å². The van der Waals surface area contributed by atoms with Crippen LogP contribution >= 0.6 is 23.2 Å². The summed E-state index contributed by atoms with van der Waals surface area (Å²) >= 11 is 11.6. The molecule has 0 aromatic heterocycles. The van der Waals surface area contributed by atoms with Gasteiger partial charge in [-0.2, -0.15) is 0 Å². The molecule has 1 amide bonds. The summed E-state index contributed by atoms with van der Waals surface area (Å²) in [5, 5.41) is 12.0. The molecule has 104 valence electrons. The lowest BCUT2D eigenvalue weighted by atomic mass is 10.3. The maximum Gasteiger partial charge on any atom is 0.304 e. The first-order valence-corrected chi connectivity index (χ1v) is 6.28. The summed E-state index contributed by atoms with van der Waals surface area (Å²) in [5.41, 5.74) is 0.508. The molecular weight excluding hydrogens is 291 g/mol. The number of hydrogen-bond donors (Lipinski definition) is 2. The van der Waals surface area contributed by atoms with Crippen molar-refractivity contribution >= 4 is 40.8 Å². The van der Waals surface area contributed by atoms with Gasteiger partial charge in [0.2, 0.25) is 5.91 Å². The molecule has 19 heavy (non-hydrogen) atoms. The number of carbonyl (C=O) groups is 2. The van der Waals surface area contributed by atoms with Crippen molar-refractivity contribution in [1.29, 1.82) is 0 Å². The van der Waals surface area contributed by atoms with Gasteiger partial charge in [-0.25, -0.2) is 0 Å². The number of rotatable bonds is 6. The van der Waals surface area contributed by atoms with Crippen LogP contribution in [-0.2, 0) is 9.59 Å². The molecule has 0 unspecified atom stereocenters. The zero-order chi connectivity index (χ0) is 14.4. The van der Waals surface area contributed by atoms with E-state index in [4.69, 9.17) is 28.3 Å². The normalized spacial score (nSPS) is 10.5. The highest BCUT2D eigenvalue weighted by atomic mass is 35.5. The topological polar surface area (TPSA) is 69.6 Å². The van der Waals surface area contributed by atoms with Crippen molar-refractivity contribution in [2.45, 2.75) is 6.42 Å². The van der Waals surface area contributed by atoms with E-state index in [9.17, 15) is 9.59 Å². The number of benzene rings is 1. The van der Waals surface area contributed by atoms with Crippen LogP contribution in [0.3, 0.4) is 0 Å². The summed E-state index contributed by atoms with van der Waals surface area (Å²) < 4.78 is 0. The van der Waals surface area contributed by atoms with Gasteiger partial charge >= 0.3 is 5.97 Å². The monoisotopic (exact) mass is 304 g/mol. The van der Waals surface area contributed by atoms with Crippen LogP contribution in [0, 0.1) is 0 Å². The Labute approximate surface area is 121 Å². The van der Waals surface area contributed by atoms with Crippen molar-refractivity contribution in [3.63, 3.8) is 0 Å². The summed E-state index contributed by atoms with van der Waals surface area (Å²) in [4.78, 5) is 23.7. The van der Waals surface area contributed by atoms with Gasteiger partial charge < -0.3 is 10.4 Å². The number of likely N-dealkylation sites (N-methyl/N-ethyl adjacent to an activating group) is 1. The number of nitrogens with one attached hydrogen (secondary N) is 1. The van der Waals surface area contributed by atoms with Crippen molar-refractivity contribution in [2.75, 3.05) is 25.5 Å². The summed E-state index contributed by atoms with van der Waals surface area (Å²) in [6.45, 7) is 0.399. The number of carbonyl (C=O) groups excluding carboxylic acids is 1. The lowest BCUT2D eigenvalue weighted by molar-refractivity contribution is -0.137. The van der Waals surface area contributed by atoms with Gasteiger partial charge in [0.25, 0.3) is 0 Å². The minimum atomic E-state index is -0.895. The Morgan fingerprint density at radius 1 is 1.26 bits per heavy atom. The highest BCUT2D eigenvalue weighted by molar-refractivity contribution is 6.35. The molecular formula is C12H14Cl2N2O3.